The quantitative estimate of drug-likeness (QED) is 0.501. The lowest BCUT2D eigenvalue weighted by molar-refractivity contribution is 0.117. The maximum atomic E-state index is 14.7. The first kappa shape index (κ1) is 23.4. The van der Waals surface area contributed by atoms with Crippen molar-refractivity contribution in [1.29, 1.82) is 0 Å². The summed E-state index contributed by atoms with van der Waals surface area (Å²) in [6, 6.07) is 10.7. The van der Waals surface area contributed by atoms with Crippen LogP contribution in [-0.4, -0.2) is 54.8 Å². The van der Waals surface area contributed by atoms with E-state index in [0.29, 0.717) is 35.5 Å². The molecule has 7 nitrogen and oxygen atoms in total. The lowest BCUT2D eigenvalue weighted by Gasteiger charge is -2.45. The Kier molecular flexibility index (Phi) is 5.53. The molecule has 3 aromatic rings. The van der Waals surface area contributed by atoms with Crippen LogP contribution in [0.25, 0.3) is 11.1 Å². The fourth-order valence-corrected chi connectivity index (χ4v) is 6.57. The van der Waals surface area contributed by atoms with Crippen LogP contribution in [0.2, 0.25) is 0 Å². The Labute approximate surface area is 210 Å². The van der Waals surface area contributed by atoms with Crippen LogP contribution in [0.1, 0.15) is 37.9 Å². The highest BCUT2D eigenvalue weighted by Gasteiger charge is 2.54. The predicted molar refractivity (Wildman–Crippen MR) is 135 cm³/mol. The van der Waals surface area contributed by atoms with Gasteiger partial charge in [0.15, 0.2) is 9.84 Å². The molecular weight excluding hydrogens is 479 g/mol. The zero-order chi connectivity index (χ0) is 25.1. The van der Waals surface area contributed by atoms with Gasteiger partial charge < -0.3 is 4.90 Å². The minimum atomic E-state index is -3.35. The third kappa shape index (κ3) is 3.76. The van der Waals surface area contributed by atoms with Crippen LogP contribution < -0.4 is 4.90 Å². The number of benzene rings is 2. The molecule has 1 aliphatic carbocycles. The molecule has 1 saturated carbocycles. The zero-order valence-corrected chi connectivity index (χ0v) is 21.0. The summed E-state index contributed by atoms with van der Waals surface area (Å²) in [5.41, 5.74) is 1.20. The topological polar surface area (TPSA) is 75.5 Å². The number of carbonyl (C=O) groups is 1. The molecule has 2 aliphatic heterocycles. The van der Waals surface area contributed by atoms with Crippen molar-refractivity contribution in [1.82, 2.24) is 14.5 Å². The highest BCUT2D eigenvalue weighted by atomic mass is 32.2. The largest absolute Gasteiger partial charge is 0.335 e. The number of halogens is 1. The molecule has 3 heterocycles. The lowest BCUT2D eigenvalue weighted by Crippen LogP contribution is -2.53. The first-order valence-electron chi connectivity index (χ1n) is 12.5. The second-order valence-corrected chi connectivity index (χ2v) is 12.3. The number of imidazole rings is 1. The summed E-state index contributed by atoms with van der Waals surface area (Å²) < 4.78 is 40.1. The van der Waals surface area contributed by atoms with Gasteiger partial charge in [0, 0.05) is 43.8 Å². The Morgan fingerprint density at radius 1 is 1.08 bits per heavy atom. The van der Waals surface area contributed by atoms with Crippen LogP contribution in [0.5, 0.6) is 0 Å². The first-order chi connectivity index (χ1) is 17.3. The van der Waals surface area contributed by atoms with E-state index >= 15 is 0 Å². The van der Waals surface area contributed by atoms with Gasteiger partial charge in [-0.3, -0.25) is 9.47 Å². The molecule has 0 unspecified atom stereocenters. The molecule has 0 radical (unpaired) electrons. The number of piperidine rings is 1. The van der Waals surface area contributed by atoms with Crippen molar-refractivity contribution in [2.45, 2.75) is 42.5 Å². The summed E-state index contributed by atoms with van der Waals surface area (Å²) in [5, 5.41) is 0. The SMILES string of the molecule is CS(=O)(=O)c1ccc(-c2ccc(F)cc2N2C(=O)n3ccnc3C23CCN(CC2CCC2)CC3)cc1. The predicted octanol–water partition coefficient (Wildman–Crippen LogP) is 4.67. The van der Waals surface area contributed by atoms with Crippen molar-refractivity contribution in [3.05, 3.63) is 66.5 Å². The molecule has 2 aromatic carbocycles. The Morgan fingerprint density at radius 2 is 1.81 bits per heavy atom. The summed E-state index contributed by atoms with van der Waals surface area (Å²) in [4.78, 5) is 22.8. The van der Waals surface area contributed by atoms with Gasteiger partial charge in [-0.2, -0.15) is 0 Å². The molecule has 188 valence electrons. The van der Waals surface area contributed by atoms with Crippen LogP contribution in [0.4, 0.5) is 14.9 Å². The summed E-state index contributed by atoms with van der Waals surface area (Å²) >= 11 is 0. The van der Waals surface area contributed by atoms with E-state index < -0.39 is 21.2 Å². The third-order valence-corrected chi connectivity index (χ3v) is 9.23. The average molecular weight is 509 g/mol. The van der Waals surface area contributed by atoms with Gasteiger partial charge in [0.05, 0.1) is 10.6 Å². The monoisotopic (exact) mass is 508 g/mol. The van der Waals surface area contributed by atoms with Crippen LogP contribution in [0.15, 0.2) is 59.8 Å². The fourth-order valence-electron chi connectivity index (χ4n) is 5.94. The van der Waals surface area contributed by atoms with Gasteiger partial charge in [-0.25, -0.2) is 22.6 Å². The van der Waals surface area contributed by atoms with Crippen molar-refractivity contribution in [2.24, 2.45) is 5.92 Å². The number of aromatic nitrogens is 2. The number of hydrogen-bond donors (Lipinski definition) is 0. The number of anilines is 1. The van der Waals surface area contributed by atoms with E-state index in [4.69, 9.17) is 0 Å². The van der Waals surface area contributed by atoms with Crippen LogP contribution >= 0.6 is 0 Å². The van der Waals surface area contributed by atoms with Crippen molar-refractivity contribution in [3.63, 3.8) is 0 Å². The normalized spacial score (nSPS) is 20.1. The Balaban J connectivity index is 1.40. The van der Waals surface area contributed by atoms with E-state index in [0.717, 1.165) is 31.8 Å². The summed E-state index contributed by atoms with van der Waals surface area (Å²) in [5.74, 6) is 1.04. The Bertz CT molecular complexity index is 1420. The maximum absolute atomic E-state index is 14.7. The van der Waals surface area contributed by atoms with Gasteiger partial charge >= 0.3 is 6.03 Å². The van der Waals surface area contributed by atoms with Crippen molar-refractivity contribution >= 4 is 21.6 Å². The fraction of sp³-hybridized carbons (Fsp3) is 0.407. The average Bonchev–Trinajstić information content (AvgIpc) is 3.40. The van der Waals surface area contributed by atoms with Crippen molar-refractivity contribution < 1.29 is 17.6 Å². The van der Waals surface area contributed by atoms with E-state index in [2.05, 4.69) is 9.88 Å². The number of rotatable bonds is 5. The molecule has 1 saturated heterocycles. The Morgan fingerprint density at radius 3 is 2.44 bits per heavy atom. The number of hydrogen-bond acceptors (Lipinski definition) is 5. The van der Waals surface area contributed by atoms with E-state index in [9.17, 15) is 17.6 Å². The second kappa shape index (κ2) is 8.52. The van der Waals surface area contributed by atoms with Crippen molar-refractivity contribution in [2.75, 3.05) is 30.8 Å². The first-order valence-corrected chi connectivity index (χ1v) is 14.4. The summed E-state index contributed by atoms with van der Waals surface area (Å²) in [6.45, 7) is 2.79. The minimum Gasteiger partial charge on any atom is -0.303 e. The lowest BCUT2D eigenvalue weighted by atomic mass is 9.82. The number of likely N-dealkylation sites (tertiary alicyclic amines) is 1. The van der Waals surface area contributed by atoms with Gasteiger partial charge in [0.25, 0.3) is 0 Å². The second-order valence-electron chi connectivity index (χ2n) is 10.3. The smallest absolute Gasteiger partial charge is 0.303 e. The molecule has 36 heavy (non-hydrogen) atoms. The number of carbonyl (C=O) groups excluding carboxylic acids is 1. The Hall–Kier alpha value is -3.04. The molecule has 2 fully saturated rings. The van der Waals surface area contributed by atoms with Gasteiger partial charge in [0.1, 0.15) is 17.2 Å². The van der Waals surface area contributed by atoms with Crippen LogP contribution in [0.3, 0.4) is 0 Å². The molecule has 6 rings (SSSR count). The molecule has 1 amide bonds. The molecule has 0 N–H and O–H groups in total. The molecule has 3 aliphatic rings. The highest BCUT2D eigenvalue weighted by molar-refractivity contribution is 7.90. The number of amides is 1. The summed E-state index contributed by atoms with van der Waals surface area (Å²) in [6.07, 6.45) is 9.83. The van der Waals surface area contributed by atoms with E-state index in [1.165, 1.54) is 31.4 Å². The summed E-state index contributed by atoms with van der Waals surface area (Å²) in [7, 11) is -3.35. The molecule has 9 heteroatoms. The van der Waals surface area contributed by atoms with Gasteiger partial charge in [-0.15, -0.1) is 0 Å². The standard InChI is InChI=1S/C27H29FN4O3S/c1-36(34,35)22-8-5-20(6-9-22)23-10-7-21(28)17-24(23)32-26(33)31-16-13-29-25(31)27(32)11-14-30(15-12-27)18-19-3-2-4-19/h5-10,13,16-17,19H,2-4,11-12,14-15,18H2,1H3. The van der Waals surface area contributed by atoms with E-state index in [1.54, 1.807) is 52.2 Å². The maximum Gasteiger partial charge on any atom is 0.335 e. The van der Waals surface area contributed by atoms with Gasteiger partial charge in [0.2, 0.25) is 0 Å². The molecular formula is C27H29FN4O3S. The number of fused-ring (bicyclic) bond motifs is 2. The molecule has 0 atom stereocenters. The molecule has 1 spiro atoms. The molecule has 1 aromatic heterocycles. The van der Waals surface area contributed by atoms with Crippen molar-refractivity contribution in [3.8, 4) is 11.1 Å². The van der Waals surface area contributed by atoms with Gasteiger partial charge in [-0.05, 0) is 67.5 Å². The van der Waals surface area contributed by atoms with E-state index in [-0.39, 0.29) is 10.9 Å². The third-order valence-electron chi connectivity index (χ3n) is 8.10. The molecule has 0 bridgehead atoms. The number of sulfone groups is 1. The van der Waals surface area contributed by atoms with E-state index in [1.807, 2.05) is 0 Å². The van der Waals surface area contributed by atoms with Crippen LogP contribution in [0, 0.1) is 11.7 Å². The zero-order valence-electron chi connectivity index (χ0n) is 20.2. The highest BCUT2D eigenvalue weighted by Crippen LogP contribution is 2.48. The number of nitrogens with zero attached hydrogens (tertiary/aromatic N) is 4. The minimum absolute atomic E-state index is 0.211. The van der Waals surface area contributed by atoms with Crippen LogP contribution in [-0.2, 0) is 15.4 Å². The van der Waals surface area contributed by atoms with Gasteiger partial charge in [-0.1, -0.05) is 18.6 Å².